The quantitative estimate of drug-likeness (QED) is 0.437. The van der Waals surface area contributed by atoms with Crippen LogP contribution in [0.15, 0.2) is 0 Å². The van der Waals surface area contributed by atoms with Gasteiger partial charge < -0.3 is 0 Å². The van der Waals surface area contributed by atoms with Crippen molar-refractivity contribution >= 4 is 34.5 Å². The standard InChI is InChI=1S/2FHO3S.H2S/c2*1-5(2,3)4;/h2*(H,2,3,4);1H2. The number of hydrogen-bond acceptors (Lipinski definition) is 4. The molecule has 0 heterocycles. The Morgan fingerprint density at radius 2 is 0.818 bits per heavy atom. The molecule has 0 saturated carbocycles. The smallest absolute Gasteiger partial charge is 0.260 e. The molecule has 11 heteroatoms. The van der Waals surface area contributed by atoms with Crippen molar-refractivity contribution in [1.29, 1.82) is 0 Å². The van der Waals surface area contributed by atoms with E-state index in [4.69, 9.17) is 25.9 Å². The summed E-state index contributed by atoms with van der Waals surface area (Å²) in [5.41, 5.74) is 0. The van der Waals surface area contributed by atoms with Crippen LogP contribution in [0.5, 0.6) is 0 Å². The minimum atomic E-state index is -5.17. The van der Waals surface area contributed by atoms with Gasteiger partial charge in [-0.15, -0.1) is 0 Å². The first-order chi connectivity index (χ1) is 4.00. The lowest BCUT2D eigenvalue weighted by Gasteiger charge is -1.63. The van der Waals surface area contributed by atoms with Crippen molar-refractivity contribution in [2.45, 2.75) is 0 Å². The molecule has 0 saturated heterocycles. The Morgan fingerprint density at radius 3 is 0.818 bits per heavy atom. The van der Waals surface area contributed by atoms with Crippen molar-refractivity contribution < 1.29 is 33.7 Å². The van der Waals surface area contributed by atoms with Crippen LogP contribution in [0.25, 0.3) is 0 Å². The van der Waals surface area contributed by atoms with Gasteiger partial charge >= 0.3 is 21.0 Å². The molecule has 0 aromatic carbocycles. The van der Waals surface area contributed by atoms with Crippen LogP contribution in [0.3, 0.4) is 0 Å². The van der Waals surface area contributed by atoms with E-state index in [-0.39, 0.29) is 13.5 Å². The van der Waals surface area contributed by atoms with Gasteiger partial charge in [0.1, 0.15) is 0 Å². The highest BCUT2D eigenvalue weighted by Crippen LogP contribution is 1.74. The Morgan fingerprint density at radius 1 is 0.818 bits per heavy atom. The van der Waals surface area contributed by atoms with Crippen LogP contribution < -0.4 is 0 Å². The van der Waals surface area contributed by atoms with Gasteiger partial charge in [0, 0.05) is 0 Å². The summed E-state index contributed by atoms with van der Waals surface area (Å²) < 4.78 is 68.2. The molecular formula is H4F2O6S3. The molecule has 72 valence electrons. The molecule has 0 aliphatic carbocycles. The zero-order valence-corrected chi connectivity index (χ0v) is 7.23. The fourth-order valence-electron chi connectivity index (χ4n) is 0. The van der Waals surface area contributed by atoms with E-state index in [1.165, 1.54) is 0 Å². The molecule has 2 N–H and O–H groups in total. The summed E-state index contributed by atoms with van der Waals surface area (Å²) in [4.78, 5) is 0. The zero-order chi connectivity index (χ0) is 9.00. The fraction of sp³-hybridized carbons (Fsp3) is 0. The summed E-state index contributed by atoms with van der Waals surface area (Å²) in [6.07, 6.45) is 0. The third-order valence-corrected chi connectivity index (χ3v) is 0. The Balaban J connectivity index is -0.000000107. The van der Waals surface area contributed by atoms with Crippen molar-refractivity contribution in [3.63, 3.8) is 0 Å². The highest BCUT2D eigenvalue weighted by Gasteiger charge is 1.90. The van der Waals surface area contributed by atoms with Crippen LogP contribution >= 0.6 is 13.5 Å². The maximum Gasteiger partial charge on any atom is 0.435 e. The fourth-order valence-corrected chi connectivity index (χ4v) is 0. The Bertz CT molecular complexity index is 212. The number of halogens is 2. The van der Waals surface area contributed by atoms with Crippen LogP contribution in [-0.4, -0.2) is 25.9 Å². The van der Waals surface area contributed by atoms with Crippen molar-refractivity contribution in [2.24, 2.45) is 0 Å². The van der Waals surface area contributed by atoms with E-state index >= 15 is 0 Å². The van der Waals surface area contributed by atoms with Gasteiger partial charge in [-0.3, -0.25) is 9.11 Å². The first-order valence-corrected chi connectivity index (χ1v) is 4.02. The highest BCUT2D eigenvalue weighted by atomic mass is 32.3. The Kier molecular flexibility index (Phi) is 8.84. The van der Waals surface area contributed by atoms with Crippen LogP contribution in [0.1, 0.15) is 0 Å². The van der Waals surface area contributed by atoms with Crippen molar-refractivity contribution in [3.8, 4) is 0 Å². The molecule has 0 aromatic heterocycles. The maximum atomic E-state index is 10.2. The Hall–Kier alpha value is 0.0300. The van der Waals surface area contributed by atoms with Crippen molar-refractivity contribution in [2.75, 3.05) is 0 Å². The first-order valence-electron chi connectivity index (χ1n) is 1.34. The highest BCUT2D eigenvalue weighted by molar-refractivity contribution is 7.80. The lowest BCUT2D eigenvalue weighted by atomic mass is 15.9. The third kappa shape index (κ3) is 719000. The minimum Gasteiger partial charge on any atom is -0.260 e. The second-order valence-corrected chi connectivity index (χ2v) is 2.47. The van der Waals surface area contributed by atoms with Gasteiger partial charge in [0.25, 0.3) is 0 Å². The number of rotatable bonds is 0. The summed E-state index contributed by atoms with van der Waals surface area (Å²) in [5, 5.41) is 0. The minimum absolute atomic E-state index is 0. The van der Waals surface area contributed by atoms with E-state index in [2.05, 4.69) is 0 Å². The molecule has 0 aromatic rings. The van der Waals surface area contributed by atoms with Crippen LogP contribution in [-0.2, 0) is 21.0 Å². The maximum absolute atomic E-state index is 10.2. The largest absolute Gasteiger partial charge is 0.435 e. The van der Waals surface area contributed by atoms with Crippen LogP contribution in [0.2, 0.25) is 0 Å². The summed E-state index contributed by atoms with van der Waals surface area (Å²) in [7, 11) is -10.3. The van der Waals surface area contributed by atoms with Crippen molar-refractivity contribution in [1.82, 2.24) is 0 Å². The lowest BCUT2D eigenvalue weighted by molar-refractivity contribution is 0.432. The molecule has 6 nitrogen and oxygen atoms in total. The van der Waals surface area contributed by atoms with E-state index < -0.39 is 21.0 Å². The zero-order valence-electron chi connectivity index (χ0n) is 4.60. The molecule has 0 unspecified atom stereocenters. The Labute approximate surface area is 68.8 Å². The average Bonchev–Trinajstić information content (AvgIpc) is 1.12. The summed E-state index contributed by atoms with van der Waals surface area (Å²) in [6.45, 7) is 0. The molecule has 0 fully saturated rings. The van der Waals surface area contributed by atoms with Crippen molar-refractivity contribution in [3.05, 3.63) is 0 Å². The second kappa shape index (κ2) is 5.65. The predicted molar refractivity (Wildman–Crippen MR) is 35.7 cm³/mol. The average molecular weight is 234 g/mol. The molecule has 11 heavy (non-hydrogen) atoms. The van der Waals surface area contributed by atoms with E-state index in [0.29, 0.717) is 0 Å². The molecular weight excluding hydrogens is 230 g/mol. The number of hydrogen-bond donors (Lipinski definition) is 2. The first kappa shape index (κ1) is 17.2. The molecule has 0 spiro atoms. The summed E-state index contributed by atoms with van der Waals surface area (Å²) in [6, 6.07) is 0. The predicted octanol–water partition coefficient (Wildman–Crippen LogP) is -0.370. The van der Waals surface area contributed by atoms with Gasteiger partial charge in [0.2, 0.25) is 0 Å². The summed E-state index contributed by atoms with van der Waals surface area (Å²) in [5.74, 6) is 0. The third-order valence-electron chi connectivity index (χ3n) is 0. The van der Waals surface area contributed by atoms with Gasteiger partial charge in [0.15, 0.2) is 0 Å². The second-order valence-electron chi connectivity index (χ2n) is 0.824. The van der Waals surface area contributed by atoms with Gasteiger partial charge in [-0.1, -0.05) is 7.77 Å². The molecule has 0 bridgehead atoms. The lowest BCUT2D eigenvalue weighted by Crippen LogP contribution is -1.80. The summed E-state index contributed by atoms with van der Waals surface area (Å²) >= 11 is 0. The SMILES string of the molecule is O=S(=O)(O)F.O=S(=O)(O)F.S. The van der Waals surface area contributed by atoms with Gasteiger partial charge in [-0.05, 0) is 0 Å². The molecule has 0 aliphatic rings. The van der Waals surface area contributed by atoms with E-state index in [9.17, 15) is 7.77 Å². The topological polar surface area (TPSA) is 109 Å². The van der Waals surface area contributed by atoms with Crippen LogP contribution in [0, 0.1) is 0 Å². The molecule has 0 rings (SSSR count). The van der Waals surface area contributed by atoms with Gasteiger partial charge in [-0.2, -0.15) is 30.3 Å². The van der Waals surface area contributed by atoms with Gasteiger partial charge in [-0.25, -0.2) is 0 Å². The van der Waals surface area contributed by atoms with Crippen LogP contribution in [0.4, 0.5) is 7.77 Å². The monoisotopic (exact) mass is 234 g/mol. The molecule has 0 amide bonds. The molecule has 0 aliphatic heterocycles. The van der Waals surface area contributed by atoms with Gasteiger partial charge in [0.05, 0.1) is 0 Å². The van der Waals surface area contributed by atoms with E-state index in [1.54, 1.807) is 0 Å². The molecule has 0 radical (unpaired) electrons. The van der Waals surface area contributed by atoms with E-state index in [0.717, 1.165) is 0 Å². The van der Waals surface area contributed by atoms with E-state index in [1.807, 2.05) is 0 Å². The molecule has 0 atom stereocenters. The normalized spacial score (nSPS) is 10.5.